The van der Waals surface area contributed by atoms with Crippen molar-refractivity contribution >= 4 is 54.4 Å². The summed E-state index contributed by atoms with van der Waals surface area (Å²) in [4.78, 5) is 23.9. The number of rotatable bonds is 6. The normalized spacial score (nSPS) is 10.5. The first-order valence-corrected chi connectivity index (χ1v) is 10.7. The Labute approximate surface area is 191 Å². The van der Waals surface area contributed by atoms with E-state index in [1.54, 1.807) is 6.07 Å². The van der Waals surface area contributed by atoms with Gasteiger partial charge in [-0.1, -0.05) is 34.1 Å². The van der Waals surface area contributed by atoms with E-state index in [1.165, 1.54) is 0 Å². The van der Waals surface area contributed by atoms with Crippen molar-refractivity contribution in [3.8, 4) is 11.5 Å². The van der Waals surface area contributed by atoms with Gasteiger partial charge in [-0.15, -0.1) is 0 Å². The number of carbonyl (C=O) groups is 2. The summed E-state index contributed by atoms with van der Waals surface area (Å²) in [6, 6.07) is 15.3. The molecule has 0 radical (unpaired) electrons. The molecule has 0 aliphatic rings. The zero-order valence-electron chi connectivity index (χ0n) is 16.4. The second-order valence-electron chi connectivity index (χ2n) is 6.74. The van der Waals surface area contributed by atoms with Crippen molar-refractivity contribution in [2.45, 2.75) is 13.8 Å². The lowest BCUT2D eigenvalue weighted by atomic mass is 10.1. The summed E-state index contributed by atoms with van der Waals surface area (Å²) in [7, 11) is 0. The summed E-state index contributed by atoms with van der Waals surface area (Å²) in [5.74, 6) is 0.174. The number of aryl methyl sites for hydroxylation is 2. The number of amides is 2. The second-order valence-corrected chi connectivity index (χ2v) is 8.45. The molecule has 0 saturated heterocycles. The Balaban J connectivity index is 1.46. The number of carbonyl (C=O) groups excluding carboxylic acids is 2. The van der Waals surface area contributed by atoms with Gasteiger partial charge in [0, 0.05) is 4.47 Å². The lowest BCUT2D eigenvalue weighted by Gasteiger charge is -2.12. The molecule has 0 spiro atoms. The smallest absolute Gasteiger partial charge is 0.276 e. The number of nitrogens with one attached hydrogen (secondary N) is 2. The lowest BCUT2D eigenvalue weighted by molar-refractivity contribution is -0.131. The minimum atomic E-state index is -0.488. The third-order valence-corrected chi connectivity index (χ3v) is 5.46. The van der Waals surface area contributed by atoms with E-state index in [0.717, 1.165) is 30.8 Å². The highest BCUT2D eigenvalue weighted by Crippen LogP contribution is 2.34. The number of hydrazine groups is 1. The molecule has 0 aromatic heterocycles. The van der Waals surface area contributed by atoms with E-state index >= 15 is 0 Å². The summed E-state index contributed by atoms with van der Waals surface area (Å²) < 4.78 is 12.8. The molecule has 3 aromatic rings. The molecule has 0 aliphatic heterocycles. The van der Waals surface area contributed by atoms with E-state index in [1.807, 2.05) is 56.3 Å². The van der Waals surface area contributed by atoms with E-state index in [0.29, 0.717) is 11.5 Å². The molecule has 8 heteroatoms. The first-order valence-electron chi connectivity index (χ1n) is 9.11. The largest absolute Gasteiger partial charge is 0.484 e. The van der Waals surface area contributed by atoms with E-state index in [-0.39, 0.29) is 13.2 Å². The zero-order valence-corrected chi connectivity index (χ0v) is 19.6. The molecule has 2 N–H and O–H groups in total. The molecule has 0 bridgehead atoms. The van der Waals surface area contributed by atoms with Gasteiger partial charge < -0.3 is 9.47 Å². The summed E-state index contributed by atoms with van der Waals surface area (Å²) in [6.45, 7) is 3.44. The Morgan fingerprint density at radius 1 is 0.833 bits per heavy atom. The van der Waals surface area contributed by atoms with Crippen molar-refractivity contribution in [2.24, 2.45) is 0 Å². The van der Waals surface area contributed by atoms with Gasteiger partial charge in [-0.2, -0.15) is 0 Å². The highest BCUT2D eigenvalue weighted by Gasteiger charge is 2.10. The van der Waals surface area contributed by atoms with Crippen LogP contribution in [-0.4, -0.2) is 25.0 Å². The Bertz CT molecular complexity index is 1080. The summed E-state index contributed by atoms with van der Waals surface area (Å²) in [5.41, 5.74) is 6.71. The monoisotopic (exact) mass is 534 g/mol. The molecule has 3 rings (SSSR count). The minimum Gasteiger partial charge on any atom is -0.484 e. The molecule has 0 unspecified atom stereocenters. The van der Waals surface area contributed by atoms with Gasteiger partial charge in [0.25, 0.3) is 11.8 Å². The third kappa shape index (κ3) is 5.96. The van der Waals surface area contributed by atoms with Crippen molar-refractivity contribution in [3.63, 3.8) is 0 Å². The average Bonchev–Trinajstić information content (AvgIpc) is 2.69. The molecule has 0 aliphatic carbocycles. The molecular weight excluding hydrogens is 516 g/mol. The molecule has 156 valence electrons. The molecule has 30 heavy (non-hydrogen) atoms. The molecular formula is C22H20Br2N2O4. The Morgan fingerprint density at radius 3 is 2.13 bits per heavy atom. The third-order valence-electron chi connectivity index (χ3n) is 4.15. The van der Waals surface area contributed by atoms with E-state index < -0.39 is 11.8 Å². The van der Waals surface area contributed by atoms with Gasteiger partial charge in [0.2, 0.25) is 0 Å². The number of halogens is 2. The minimum absolute atomic E-state index is 0.212. The Hall–Kier alpha value is -2.58. The number of hydrogen-bond acceptors (Lipinski definition) is 4. The maximum absolute atomic E-state index is 12.0. The highest BCUT2D eigenvalue weighted by molar-refractivity contribution is 9.11. The Kier molecular flexibility index (Phi) is 7.33. The van der Waals surface area contributed by atoms with Crippen LogP contribution < -0.4 is 20.3 Å². The van der Waals surface area contributed by atoms with Crippen molar-refractivity contribution in [1.29, 1.82) is 0 Å². The molecule has 0 heterocycles. The zero-order chi connectivity index (χ0) is 21.7. The van der Waals surface area contributed by atoms with E-state index in [9.17, 15) is 9.59 Å². The van der Waals surface area contributed by atoms with Crippen LogP contribution in [0.4, 0.5) is 0 Å². The predicted octanol–water partition coefficient (Wildman–Crippen LogP) is 4.59. The quantitative estimate of drug-likeness (QED) is 0.453. The summed E-state index contributed by atoms with van der Waals surface area (Å²) in [5, 5.41) is 2.00. The maximum atomic E-state index is 12.0. The van der Waals surface area contributed by atoms with Crippen LogP contribution in [0.3, 0.4) is 0 Å². The van der Waals surface area contributed by atoms with Gasteiger partial charge in [-0.25, -0.2) is 0 Å². The SMILES string of the molecule is Cc1cc(C)cc(OCC(=O)NNC(=O)COc2ccc3cc(Br)ccc3c2Br)c1. The van der Waals surface area contributed by atoms with Crippen LogP contribution in [0.1, 0.15) is 11.1 Å². The van der Waals surface area contributed by atoms with Crippen LogP contribution in [0, 0.1) is 13.8 Å². The Morgan fingerprint density at radius 2 is 1.47 bits per heavy atom. The van der Waals surface area contributed by atoms with Crippen molar-refractivity contribution < 1.29 is 19.1 Å². The molecule has 0 fully saturated rings. The van der Waals surface area contributed by atoms with Gasteiger partial charge in [-0.05, 0) is 82.0 Å². The van der Waals surface area contributed by atoms with Crippen molar-refractivity contribution in [1.82, 2.24) is 10.9 Å². The average molecular weight is 536 g/mol. The highest BCUT2D eigenvalue weighted by atomic mass is 79.9. The molecule has 3 aromatic carbocycles. The second kappa shape index (κ2) is 9.95. The first kappa shape index (κ1) is 22.1. The van der Waals surface area contributed by atoms with E-state index in [4.69, 9.17) is 9.47 Å². The van der Waals surface area contributed by atoms with Crippen LogP contribution in [0.5, 0.6) is 11.5 Å². The number of benzene rings is 3. The fraction of sp³-hybridized carbons (Fsp3) is 0.182. The summed E-state index contributed by atoms with van der Waals surface area (Å²) >= 11 is 6.96. The van der Waals surface area contributed by atoms with Crippen LogP contribution in [0.25, 0.3) is 10.8 Å². The molecule has 0 saturated carbocycles. The van der Waals surface area contributed by atoms with Gasteiger partial charge in [-0.3, -0.25) is 20.4 Å². The predicted molar refractivity (Wildman–Crippen MR) is 123 cm³/mol. The maximum Gasteiger partial charge on any atom is 0.276 e. The van der Waals surface area contributed by atoms with Gasteiger partial charge in [0.1, 0.15) is 11.5 Å². The molecule has 0 atom stereocenters. The number of fused-ring (bicyclic) bond motifs is 1. The fourth-order valence-electron chi connectivity index (χ4n) is 2.87. The van der Waals surface area contributed by atoms with Crippen LogP contribution in [0.15, 0.2) is 57.5 Å². The number of hydrogen-bond donors (Lipinski definition) is 2. The van der Waals surface area contributed by atoms with Crippen molar-refractivity contribution in [3.05, 3.63) is 68.6 Å². The standard InChI is InChI=1S/C22H20Br2N2O4/c1-13-7-14(2)9-17(8-13)29-11-20(27)25-26-21(28)12-30-19-6-3-15-10-16(23)4-5-18(15)22(19)24/h3-10H,11-12H2,1-2H3,(H,25,27)(H,26,28). The summed E-state index contributed by atoms with van der Waals surface area (Å²) in [6.07, 6.45) is 0. The fourth-order valence-corrected chi connectivity index (χ4v) is 3.86. The lowest BCUT2D eigenvalue weighted by Crippen LogP contribution is -2.45. The van der Waals surface area contributed by atoms with Crippen LogP contribution in [0.2, 0.25) is 0 Å². The van der Waals surface area contributed by atoms with Gasteiger partial charge in [0.15, 0.2) is 13.2 Å². The van der Waals surface area contributed by atoms with Crippen molar-refractivity contribution in [2.75, 3.05) is 13.2 Å². The van der Waals surface area contributed by atoms with Gasteiger partial charge in [0.05, 0.1) is 4.47 Å². The first-order chi connectivity index (χ1) is 14.3. The van der Waals surface area contributed by atoms with E-state index in [2.05, 4.69) is 42.7 Å². The molecule has 6 nitrogen and oxygen atoms in total. The van der Waals surface area contributed by atoms with Crippen LogP contribution in [-0.2, 0) is 9.59 Å². The van der Waals surface area contributed by atoms with Gasteiger partial charge >= 0.3 is 0 Å². The molecule has 2 amide bonds. The van der Waals surface area contributed by atoms with Crippen LogP contribution >= 0.6 is 31.9 Å². The topological polar surface area (TPSA) is 76.7 Å². The number of ether oxygens (including phenoxy) is 2.